The summed E-state index contributed by atoms with van der Waals surface area (Å²) in [5, 5.41) is 9.82. The molecular formula is C12H14O2S. The highest BCUT2D eigenvalue weighted by Gasteiger charge is 2.27. The molecule has 1 aromatic rings. The summed E-state index contributed by atoms with van der Waals surface area (Å²) in [5.74, 6) is 0.578. The van der Waals surface area contributed by atoms with Crippen LogP contribution in [-0.4, -0.2) is 20.3 Å². The van der Waals surface area contributed by atoms with Crippen LogP contribution in [0.1, 0.15) is 24.2 Å². The Bertz CT molecular complexity index is 412. The predicted molar refractivity (Wildman–Crippen MR) is 62.9 cm³/mol. The van der Waals surface area contributed by atoms with Crippen LogP contribution in [0, 0.1) is 0 Å². The molecule has 0 aromatic heterocycles. The van der Waals surface area contributed by atoms with Crippen LogP contribution in [0.25, 0.3) is 6.08 Å². The van der Waals surface area contributed by atoms with Gasteiger partial charge in [-0.3, -0.25) is 4.21 Å². The zero-order chi connectivity index (χ0) is 10.8. The molecule has 0 aliphatic heterocycles. The summed E-state index contributed by atoms with van der Waals surface area (Å²) in [7, 11) is -0.988. The van der Waals surface area contributed by atoms with Crippen molar-refractivity contribution < 1.29 is 9.32 Å². The quantitative estimate of drug-likeness (QED) is 0.829. The maximum absolute atomic E-state index is 11.7. The van der Waals surface area contributed by atoms with E-state index >= 15 is 0 Å². The monoisotopic (exact) mass is 222 g/mol. The molecule has 0 saturated heterocycles. The van der Waals surface area contributed by atoms with Crippen molar-refractivity contribution in [3.8, 4) is 0 Å². The van der Waals surface area contributed by atoms with Gasteiger partial charge in [0.1, 0.15) is 0 Å². The van der Waals surface area contributed by atoms with Crippen molar-refractivity contribution in [2.24, 2.45) is 0 Å². The molecule has 1 N–H and O–H groups in total. The lowest BCUT2D eigenvalue weighted by Crippen LogP contribution is -2.25. The van der Waals surface area contributed by atoms with E-state index in [1.807, 2.05) is 43.3 Å². The van der Waals surface area contributed by atoms with Gasteiger partial charge in [0.2, 0.25) is 0 Å². The van der Waals surface area contributed by atoms with Crippen LogP contribution in [0.3, 0.4) is 0 Å². The molecule has 0 fully saturated rings. The lowest BCUT2D eigenvalue weighted by molar-refractivity contribution is 0.184. The average molecular weight is 222 g/mol. The number of aliphatic hydroxyl groups is 1. The molecule has 1 aliphatic carbocycles. The number of hydrogen-bond donors (Lipinski definition) is 1. The third-order valence-corrected chi connectivity index (χ3v) is 4.27. The first-order valence-corrected chi connectivity index (χ1v) is 6.44. The van der Waals surface area contributed by atoms with E-state index in [-0.39, 0.29) is 5.25 Å². The second-order valence-corrected chi connectivity index (χ2v) is 5.45. The summed E-state index contributed by atoms with van der Waals surface area (Å²) in [4.78, 5) is 0. The van der Waals surface area contributed by atoms with Gasteiger partial charge in [-0.05, 0) is 11.1 Å². The highest BCUT2D eigenvalue weighted by molar-refractivity contribution is 7.85. The third-order valence-electron chi connectivity index (χ3n) is 2.68. The zero-order valence-electron chi connectivity index (χ0n) is 8.59. The Balaban J connectivity index is 2.37. The normalized spacial score (nSPS) is 26.0. The first-order chi connectivity index (χ1) is 7.24. The third kappa shape index (κ3) is 1.90. The lowest BCUT2D eigenvalue weighted by Gasteiger charge is -2.24. The van der Waals surface area contributed by atoms with Crippen molar-refractivity contribution in [3.05, 3.63) is 41.5 Å². The van der Waals surface area contributed by atoms with Crippen LogP contribution in [-0.2, 0) is 10.8 Å². The van der Waals surface area contributed by atoms with Crippen molar-refractivity contribution in [1.82, 2.24) is 0 Å². The van der Waals surface area contributed by atoms with E-state index in [4.69, 9.17) is 0 Å². The van der Waals surface area contributed by atoms with E-state index in [1.54, 1.807) is 0 Å². The summed E-state index contributed by atoms with van der Waals surface area (Å²) in [6, 6.07) is 7.68. The zero-order valence-corrected chi connectivity index (χ0v) is 9.41. The number of fused-ring (bicyclic) bond motifs is 1. The fourth-order valence-electron chi connectivity index (χ4n) is 1.84. The van der Waals surface area contributed by atoms with Crippen LogP contribution in [0.15, 0.2) is 30.3 Å². The molecule has 1 aliphatic rings. The van der Waals surface area contributed by atoms with E-state index < -0.39 is 16.9 Å². The van der Waals surface area contributed by atoms with E-state index in [0.29, 0.717) is 5.75 Å². The number of rotatable bonds is 2. The first-order valence-electron chi connectivity index (χ1n) is 5.06. The van der Waals surface area contributed by atoms with Gasteiger partial charge in [-0.15, -0.1) is 0 Å². The molecule has 2 nitrogen and oxygen atoms in total. The Morgan fingerprint density at radius 1 is 1.40 bits per heavy atom. The van der Waals surface area contributed by atoms with Crippen LogP contribution in [0.2, 0.25) is 0 Å². The Hall–Kier alpha value is -0.930. The minimum Gasteiger partial charge on any atom is -0.387 e. The molecule has 80 valence electrons. The van der Waals surface area contributed by atoms with Crippen molar-refractivity contribution in [2.45, 2.75) is 18.3 Å². The summed E-state index contributed by atoms with van der Waals surface area (Å²) >= 11 is 0. The van der Waals surface area contributed by atoms with Crippen molar-refractivity contribution in [2.75, 3.05) is 5.75 Å². The smallest absolute Gasteiger partial charge is 0.0974 e. The molecular weight excluding hydrogens is 208 g/mol. The standard InChI is InChI=1S/C12H14O2S/c1-2-15(14)11-8-7-9-5-3-4-6-10(9)12(11)13/h3-8,11-13H,2H2,1H3/t11-,12-,15?/m0/s1. The summed E-state index contributed by atoms with van der Waals surface area (Å²) in [6.45, 7) is 1.87. The van der Waals surface area contributed by atoms with Gasteiger partial charge in [-0.1, -0.05) is 43.3 Å². The Morgan fingerprint density at radius 2 is 2.13 bits per heavy atom. The van der Waals surface area contributed by atoms with Gasteiger partial charge in [0.15, 0.2) is 0 Å². The molecule has 1 unspecified atom stereocenters. The van der Waals surface area contributed by atoms with Gasteiger partial charge in [0.05, 0.1) is 11.4 Å². The molecule has 2 rings (SSSR count). The SMILES string of the molecule is CCS(=O)[C@H]1C=Cc2ccccc2[C@@H]1O. The van der Waals surface area contributed by atoms with E-state index in [1.165, 1.54) is 0 Å². The first kappa shape index (κ1) is 10.6. The van der Waals surface area contributed by atoms with Gasteiger partial charge in [-0.25, -0.2) is 0 Å². The van der Waals surface area contributed by atoms with Crippen molar-refractivity contribution in [1.29, 1.82) is 0 Å². The van der Waals surface area contributed by atoms with Crippen molar-refractivity contribution in [3.63, 3.8) is 0 Å². The van der Waals surface area contributed by atoms with Crippen LogP contribution < -0.4 is 0 Å². The average Bonchev–Trinajstić information content (AvgIpc) is 2.29. The second kappa shape index (κ2) is 4.29. The summed E-state index contributed by atoms with van der Waals surface area (Å²) < 4.78 is 11.7. The second-order valence-electron chi connectivity index (χ2n) is 3.57. The number of aliphatic hydroxyl groups excluding tert-OH is 1. The molecule has 0 radical (unpaired) electrons. The molecule has 3 heteroatoms. The van der Waals surface area contributed by atoms with Crippen LogP contribution in [0.5, 0.6) is 0 Å². The highest BCUT2D eigenvalue weighted by Crippen LogP contribution is 2.30. The Labute approximate surface area is 92.1 Å². The summed E-state index contributed by atoms with van der Waals surface area (Å²) in [6.07, 6.45) is 3.17. The number of hydrogen-bond acceptors (Lipinski definition) is 2. The molecule has 0 amide bonds. The van der Waals surface area contributed by atoms with Gasteiger partial charge in [-0.2, -0.15) is 0 Å². The largest absolute Gasteiger partial charge is 0.387 e. The number of benzene rings is 1. The molecule has 0 spiro atoms. The van der Waals surface area contributed by atoms with Crippen LogP contribution >= 0.6 is 0 Å². The fourth-order valence-corrected chi connectivity index (χ4v) is 2.91. The van der Waals surface area contributed by atoms with Gasteiger partial charge in [0, 0.05) is 16.6 Å². The fraction of sp³-hybridized carbons (Fsp3) is 0.333. The van der Waals surface area contributed by atoms with E-state index in [0.717, 1.165) is 11.1 Å². The highest BCUT2D eigenvalue weighted by atomic mass is 32.2. The molecule has 1 aromatic carbocycles. The topological polar surface area (TPSA) is 37.3 Å². The lowest BCUT2D eigenvalue weighted by atomic mass is 9.95. The van der Waals surface area contributed by atoms with E-state index in [2.05, 4.69) is 0 Å². The summed E-state index contributed by atoms with van der Waals surface area (Å²) in [5.41, 5.74) is 1.90. The van der Waals surface area contributed by atoms with Crippen LogP contribution in [0.4, 0.5) is 0 Å². The van der Waals surface area contributed by atoms with Gasteiger partial charge in [0.25, 0.3) is 0 Å². The Kier molecular flexibility index (Phi) is 3.03. The van der Waals surface area contributed by atoms with Crippen molar-refractivity contribution >= 4 is 16.9 Å². The van der Waals surface area contributed by atoms with E-state index in [9.17, 15) is 9.32 Å². The molecule has 0 saturated carbocycles. The molecule has 0 heterocycles. The van der Waals surface area contributed by atoms with Gasteiger partial charge < -0.3 is 5.11 Å². The molecule has 15 heavy (non-hydrogen) atoms. The Morgan fingerprint density at radius 3 is 2.87 bits per heavy atom. The maximum atomic E-state index is 11.7. The molecule has 3 atom stereocenters. The maximum Gasteiger partial charge on any atom is 0.0974 e. The minimum absolute atomic E-state index is 0.259. The molecule has 0 bridgehead atoms. The minimum atomic E-state index is -0.988. The van der Waals surface area contributed by atoms with Gasteiger partial charge >= 0.3 is 0 Å². The predicted octanol–water partition coefficient (Wildman–Crippen LogP) is 1.88.